The van der Waals surface area contributed by atoms with Crippen LogP contribution in [0.25, 0.3) is 0 Å². The van der Waals surface area contributed by atoms with Crippen molar-refractivity contribution in [3.63, 3.8) is 0 Å². The number of hydrogen-bond acceptors (Lipinski definition) is 13. The van der Waals surface area contributed by atoms with Crippen molar-refractivity contribution in [2.75, 3.05) is 19.8 Å². The maximum atomic E-state index is 12.0. The van der Waals surface area contributed by atoms with E-state index in [1.165, 1.54) is 6.92 Å². The molecule has 0 saturated carbocycles. The van der Waals surface area contributed by atoms with E-state index in [-0.39, 0.29) is 31.6 Å². The number of ether oxygens (including phenoxy) is 7. The highest BCUT2D eigenvalue weighted by atomic mass is 16.7. The van der Waals surface area contributed by atoms with Gasteiger partial charge < -0.3 is 44.6 Å². The van der Waals surface area contributed by atoms with Crippen LogP contribution in [0, 0.1) is 11.8 Å². The molecular weight excluding hydrogens is 520 g/mol. The zero-order valence-corrected chi connectivity index (χ0v) is 22.6. The fourth-order valence-corrected chi connectivity index (χ4v) is 4.43. The molecule has 2 aliphatic rings. The summed E-state index contributed by atoms with van der Waals surface area (Å²) >= 11 is 0. The molecule has 0 aromatic heterocycles. The smallest absolute Gasteiger partial charge is 0.404 e. The van der Waals surface area contributed by atoms with Crippen LogP contribution >= 0.6 is 0 Å². The Morgan fingerprint density at radius 3 is 2.00 bits per heavy atom. The van der Waals surface area contributed by atoms with Crippen LogP contribution in [0.1, 0.15) is 41.0 Å². The number of primary amides is 1. The summed E-state index contributed by atoms with van der Waals surface area (Å²) in [5, 5.41) is 0. The van der Waals surface area contributed by atoms with Crippen molar-refractivity contribution in [2.45, 2.75) is 71.7 Å². The van der Waals surface area contributed by atoms with E-state index in [1.54, 1.807) is 12.2 Å². The molecule has 1 aliphatic carbocycles. The van der Waals surface area contributed by atoms with E-state index in [2.05, 4.69) is 0 Å². The van der Waals surface area contributed by atoms with Gasteiger partial charge in [-0.1, -0.05) is 13.0 Å². The highest BCUT2D eigenvalue weighted by Gasteiger charge is 2.53. The van der Waals surface area contributed by atoms with Gasteiger partial charge in [0.1, 0.15) is 25.1 Å². The van der Waals surface area contributed by atoms with E-state index in [9.17, 15) is 24.0 Å². The van der Waals surface area contributed by atoms with Gasteiger partial charge in [0.25, 0.3) is 0 Å². The summed E-state index contributed by atoms with van der Waals surface area (Å²) in [6.45, 7) is 6.32. The molecule has 0 aromatic carbocycles. The standard InChI is InChI=1S/C25H36N2O12/c1-12-8-18(7-6-17(19(12)9-26)10-34-25(27)32)38-24-23(37-16(5)31)22(36-15(4)30)21(35-14(3)29)20(39-24)11-33-13(2)28/h6-7,12,19-24H,8-11,26H2,1-5H3,(H2,27,32)/t12?,19?,20?,21-,22?,23-,24?/m0/s1. The van der Waals surface area contributed by atoms with Crippen molar-refractivity contribution >= 4 is 30.0 Å². The first-order valence-corrected chi connectivity index (χ1v) is 12.3. The van der Waals surface area contributed by atoms with Crippen LogP contribution in [-0.4, -0.2) is 80.4 Å². The summed E-state index contributed by atoms with van der Waals surface area (Å²) in [6, 6.07) is 0. The first-order chi connectivity index (χ1) is 18.3. The second-order valence-electron chi connectivity index (χ2n) is 9.19. The van der Waals surface area contributed by atoms with Gasteiger partial charge in [-0.2, -0.15) is 0 Å². The summed E-state index contributed by atoms with van der Waals surface area (Å²) in [6.07, 6.45) is -3.79. The lowest BCUT2D eigenvalue weighted by Gasteiger charge is -2.44. The summed E-state index contributed by atoms with van der Waals surface area (Å²) in [7, 11) is 0. The van der Waals surface area contributed by atoms with Crippen LogP contribution in [0.2, 0.25) is 0 Å². The van der Waals surface area contributed by atoms with Crippen LogP contribution in [0.4, 0.5) is 4.79 Å². The number of rotatable bonds is 10. The number of nitrogens with two attached hydrogens (primary N) is 2. The second kappa shape index (κ2) is 14.5. The third-order valence-electron chi connectivity index (χ3n) is 6.02. The fraction of sp³-hybridized carbons (Fsp3) is 0.640. The van der Waals surface area contributed by atoms with Gasteiger partial charge in [0, 0.05) is 34.1 Å². The molecule has 1 saturated heterocycles. The fourth-order valence-electron chi connectivity index (χ4n) is 4.43. The molecule has 5 unspecified atom stereocenters. The van der Waals surface area contributed by atoms with Crippen LogP contribution < -0.4 is 11.5 Å². The van der Waals surface area contributed by atoms with Crippen LogP contribution in [-0.2, 0) is 52.3 Å². The zero-order chi connectivity index (χ0) is 29.3. The molecular formula is C25H36N2O12. The SMILES string of the molecule is CC(=O)OCC1OC(OC2=CC=C(COC(N)=O)C(CN)C(C)C2)[C@@H](OC(C)=O)C(OC(C)=O)[C@H]1OC(C)=O. The summed E-state index contributed by atoms with van der Waals surface area (Å²) in [4.78, 5) is 58.5. The molecule has 0 spiro atoms. The number of amides is 1. The number of esters is 4. The molecule has 1 amide bonds. The molecule has 14 heteroatoms. The minimum Gasteiger partial charge on any atom is -0.465 e. The maximum Gasteiger partial charge on any atom is 0.404 e. The lowest BCUT2D eigenvalue weighted by atomic mass is 9.86. The van der Waals surface area contributed by atoms with Crippen molar-refractivity contribution in [3.8, 4) is 0 Å². The predicted molar refractivity (Wildman–Crippen MR) is 131 cm³/mol. The average Bonchev–Trinajstić information content (AvgIpc) is 2.96. The van der Waals surface area contributed by atoms with Gasteiger partial charge in [-0.25, -0.2) is 4.79 Å². The molecule has 0 bridgehead atoms. The van der Waals surface area contributed by atoms with E-state index < -0.39 is 60.7 Å². The summed E-state index contributed by atoms with van der Waals surface area (Å²) < 4.78 is 38.4. The van der Waals surface area contributed by atoms with E-state index in [0.717, 1.165) is 20.8 Å². The van der Waals surface area contributed by atoms with Gasteiger partial charge in [0.05, 0.1) is 0 Å². The van der Waals surface area contributed by atoms with Crippen LogP contribution in [0.5, 0.6) is 0 Å². The molecule has 7 atom stereocenters. The Morgan fingerprint density at radius 2 is 1.46 bits per heavy atom. The molecule has 1 fully saturated rings. The Hall–Kier alpha value is -3.65. The molecule has 39 heavy (non-hydrogen) atoms. The molecule has 218 valence electrons. The minimum absolute atomic E-state index is 0.0651. The lowest BCUT2D eigenvalue weighted by molar-refractivity contribution is -0.300. The Morgan fingerprint density at radius 1 is 0.872 bits per heavy atom. The largest absolute Gasteiger partial charge is 0.465 e. The Kier molecular flexibility index (Phi) is 11.7. The summed E-state index contributed by atoms with van der Waals surface area (Å²) in [5.41, 5.74) is 11.8. The highest BCUT2D eigenvalue weighted by Crippen LogP contribution is 2.34. The van der Waals surface area contributed by atoms with E-state index in [1.807, 2.05) is 6.92 Å². The molecule has 14 nitrogen and oxygen atoms in total. The van der Waals surface area contributed by atoms with Gasteiger partial charge in [-0.05, 0) is 30.0 Å². The van der Waals surface area contributed by atoms with Crippen molar-refractivity contribution in [3.05, 3.63) is 23.5 Å². The lowest BCUT2D eigenvalue weighted by Crippen LogP contribution is -2.62. The number of carbonyl (C=O) groups excluding carboxylic acids is 5. The Balaban J connectivity index is 2.46. The highest BCUT2D eigenvalue weighted by molar-refractivity contribution is 5.68. The van der Waals surface area contributed by atoms with Gasteiger partial charge in [0.15, 0.2) is 12.2 Å². The quantitative estimate of drug-likeness (QED) is 0.280. The van der Waals surface area contributed by atoms with E-state index in [4.69, 9.17) is 44.6 Å². The van der Waals surface area contributed by atoms with Crippen molar-refractivity contribution in [1.82, 2.24) is 0 Å². The predicted octanol–water partition coefficient (Wildman–Crippen LogP) is 0.606. The van der Waals surface area contributed by atoms with Crippen LogP contribution in [0.3, 0.4) is 0 Å². The third-order valence-corrected chi connectivity index (χ3v) is 6.02. The van der Waals surface area contributed by atoms with Gasteiger partial charge in [-0.3, -0.25) is 19.2 Å². The zero-order valence-electron chi connectivity index (χ0n) is 22.6. The molecule has 0 radical (unpaired) electrons. The molecule has 1 aliphatic heterocycles. The van der Waals surface area contributed by atoms with Gasteiger partial charge in [-0.15, -0.1) is 0 Å². The topological polar surface area (TPSA) is 202 Å². The molecule has 0 aromatic rings. The van der Waals surface area contributed by atoms with Crippen molar-refractivity contribution in [1.29, 1.82) is 0 Å². The van der Waals surface area contributed by atoms with Gasteiger partial charge in [0.2, 0.25) is 12.4 Å². The number of carbonyl (C=O) groups is 5. The third kappa shape index (κ3) is 9.55. The number of hydrogen-bond donors (Lipinski definition) is 2. The first-order valence-electron chi connectivity index (χ1n) is 12.3. The van der Waals surface area contributed by atoms with E-state index >= 15 is 0 Å². The minimum atomic E-state index is -1.37. The van der Waals surface area contributed by atoms with Crippen molar-refractivity contribution in [2.24, 2.45) is 23.3 Å². The molecule has 4 N–H and O–H groups in total. The second-order valence-corrected chi connectivity index (χ2v) is 9.19. The maximum absolute atomic E-state index is 12.0. The van der Waals surface area contributed by atoms with Crippen molar-refractivity contribution < 1.29 is 57.1 Å². The van der Waals surface area contributed by atoms with E-state index in [0.29, 0.717) is 17.8 Å². The summed E-state index contributed by atoms with van der Waals surface area (Å²) in [5.74, 6) is -2.74. The monoisotopic (exact) mass is 556 g/mol. The normalized spacial score (nSPS) is 28.5. The molecule has 2 rings (SSSR count). The van der Waals surface area contributed by atoms with Gasteiger partial charge >= 0.3 is 30.0 Å². The first kappa shape index (κ1) is 31.6. The molecule has 1 heterocycles. The van der Waals surface area contributed by atoms with Crippen LogP contribution in [0.15, 0.2) is 23.5 Å². The Bertz CT molecular complexity index is 994. The Labute approximate surface area is 225 Å². The average molecular weight is 557 g/mol. The number of allylic oxidation sites excluding steroid dienone is 3.